The molecular weight excluding hydrogens is 194 g/mol. The summed E-state index contributed by atoms with van der Waals surface area (Å²) in [6, 6.07) is 0. The monoisotopic (exact) mass is 219 g/mol. The Hall–Kier alpha value is -0.200. The highest BCUT2D eigenvalue weighted by molar-refractivity contribution is 4.85. The number of likely N-dealkylation sites (N-methyl/N-ethyl adjacent to an activating group) is 1. The molecule has 5 nitrogen and oxygen atoms in total. The molecule has 0 aromatic rings. The number of hydrogen-bond donors (Lipinski definition) is 4. The van der Waals surface area contributed by atoms with E-state index in [4.69, 9.17) is 5.73 Å². The van der Waals surface area contributed by atoms with E-state index < -0.39 is 5.91 Å². The first-order valence-corrected chi connectivity index (χ1v) is 5.37. The van der Waals surface area contributed by atoms with Crippen molar-refractivity contribution in [3.05, 3.63) is 0 Å². The Morgan fingerprint density at radius 2 is 1.87 bits per heavy atom. The Morgan fingerprint density at radius 1 is 1.33 bits per heavy atom. The largest absolute Gasteiger partial charge is 0.353 e. The highest BCUT2D eigenvalue weighted by Crippen LogP contribution is 2.21. The molecule has 0 aliphatic rings. The molecule has 0 atom stereocenters. The summed E-state index contributed by atoms with van der Waals surface area (Å²) >= 11 is 0. The summed E-state index contributed by atoms with van der Waals surface area (Å²) in [6.45, 7) is 7.61. The van der Waals surface area contributed by atoms with E-state index in [-0.39, 0.29) is 12.0 Å². The van der Waals surface area contributed by atoms with Crippen LogP contribution in [0, 0.1) is 0 Å². The van der Waals surface area contributed by atoms with Gasteiger partial charge in [0.05, 0.1) is 0 Å². The van der Waals surface area contributed by atoms with Gasteiger partial charge in [0, 0.05) is 31.6 Å². The Morgan fingerprint density at radius 3 is 2.27 bits per heavy atom. The fourth-order valence-electron chi connectivity index (χ4n) is 1.34. The first-order valence-electron chi connectivity index (χ1n) is 5.37. The lowest BCUT2D eigenvalue weighted by atomic mass is 10.0. The number of nitrogens with one attached hydrogen (secondary N) is 1. The van der Waals surface area contributed by atoms with Gasteiger partial charge in [-0.1, -0.05) is 6.92 Å². The van der Waals surface area contributed by atoms with Crippen LogP contribution < -0.4 is 11.1 Å². The van der Waals surface area contributed by atoms with Crippen molar-refractivity contribution in [3.8, 4) is 0 Å². The second kappa shape index (κ2) is 5.77. The highest BCUT2D eigenvalue weighted by atomic mass is 16.5. The SMILES string of the molecule is CCC(O)(O)N(C)C(C)(C)CNCCN. The molecule has 0 spiro atoms. The normalized spacial score (nSPS) is 13.6. The van der Waals surface area contributed by atoms with Crippen LogP contribution in [0.3, 0.4) is 0 Å². The molecule has 0 rings (SSSR count). The van der Waals surface area contributed by atoms with Crippen molar-refractivity contribution >= 4 is 0 Å². The van der Waals surface area contributed by atoms with Gasteiger partial charge in [-0.2, -0.15) is 0 Å². The minimum atomic E-state index is -1.76. The maximum Gasteiger partial charge on any atom is 0.224 e. The molecule has 0 saturated heterocycles. The number of rotatable bonds is 7. The number of nitrogens with zero attached hydrogens (tertiary/aromatic N) is 1. The van der Waals surface area contributed by atoms with Gasteiger partial charge < -0.3 is 21.3 Å². The van der Waals surface area contributed by atoms with Crippen LogP contribution in [0.1, 0.15) is 27.2 Å². The predicted octanol–water partition coefficient (Wildman–Crippen LogP) is -0.706. The average molecular weight is 219 g/mol. The number of hydrogen-bond acceptors (Lipinski definition) is 5. The molecule has 5 heteroatoms. The summed E-state index contributed by atoms with van der Waals surface area (Å²) in [7, 11) is 1.70. The van der Waals surface area contributed by atoms with E-state index in [0.29, 0.717) is 13.1 Å². The zero-order chi connectivity index (χ0) is 12.1. The van der Waals surface area contributed by atoms with Crippen molar-refractivity contribution in [2.24, 2.45) is 5.73 Å². The van der Waals surface area contributed by atoms with Crippen molar-refractivity contribution in [2.75, 3.05) is 26.7 Å². The first-order chi connectivity index (χ1) is 6.78. The molecule has 0 radical (unpaired) electrons. The third-order valence-corrected chi connectivity index (χ3v) is 2.80. The van der Waals surface area contributed by atoms with Crippen LogP contribution in [-0.4, -0.2) is 53.2 Å². The van der Waals surface area contributed by atoms with E-state index in [1.165, 1.54) is 0 Å². The third-order valence-electron chi connectivity index (χ3n) is 2.80. The Kier molecular flexibility index (Phi) is 5.69. The molecule has 0 aliphatic carbocycles. The number of nitrogens with two attached hydrogens (primary N) is 1. The number of aliphatic hydroxyl groups is 2. The summed E-state index contributed by atoms with van der Waals surface area (Å²) in [5.74, 6) is -1.76. The minimum absolute atomic E-state index is 0.268. The molecule has 0 heterocycles. The molecule has 0 saturated carbocycles. The first kappa shape index (κ1) is 14.8. The van der Waals surface area contributed by atoms with Gasteiger partial charge in [-0.25, -0.2) is 4.90 Å². The van der Waals surface area contributed by atoms with E-state index in [1.54, 1.807) is 18.9 Å². The Balaban J connectivity index is 4.30. The van der Waals surface area contributed by atoms with Gasteiger partial charge in [0.25, 0.3) is 0 Å². The van der Waals surface area contributed by atoms with E-state index in [9.17, 15) is 10.2 Å². The van der Waals surface area contributed by atoms with Crippen LogP contribution in [0.4, 0.5) is 0 Å². The lowest BCUT2D eigenvalue weighted by molar-refractivity contribution is -0.280. The fraction of sp³-hybridized carbons (Fsp3) is 1.00. The predicted molar refractivity (Wildman–Crippen MR) is 61.2 cm³/mol. The molecule has 0 unspecified atom stereocenters. The smallest absolute Gasteiger partial charge is 0.224 e. The lowest BCUT2D eigenvalue weighted by Gasteiger charge is -2.43. The molecule has 15 heavy (non-hydrogen) atoms. The summed E-state index contributed by atoms with van der Waals surface area (Å²) in [5, 5.41) is 22.6. The maximum absolute atomic E-state index is 9.71. The van der Waals surface area contributed by atoms with E-state index in [1.807, 2.05) is 13.8 Å². The molecule has 5 N–H and O–H groups in total. The topological polar surface area (TPSA) is 81.8 Å². The standard InChI is InChI=1S/C10H25N3O2/c1-5-10(14,15)13(4)9(2,3)8-12-7-6-11/h12,14-15H,5-8,11H2,1-4H3. The van der Waals surface area contributed by atoms with Gasteiger partial charge in [-0.05, 0) is 20.9 Å². The van der Waals surface area contributed by atoms with Crippen LogP contribution in [-0.2, 0) is 0 Å². The Bertz CT molecular complexity index is 184. The van der Waals surface area contributed by atoms with Gasteiger partial charge in [0.2, 0.25) is 5.91 Å². The van der Waals surface area contributed by atoms with Crippen molar-refractivity contribution in [1.82, 2.24) is 10.2 Å². The van der Waals surface area contributed by atoms with Gasteiger partial charge in [0.15, 0.2) is 0 Å². The summed E-state index contributed by atoms with van der Waals surface area (Å²) in [6.07, 6.45) is 0.268. The van der Waals surface area contributed by atoms with Crippen LogP contribution >= 0.6 is 0 Å². The molecule has 0 amide bonds. The highest BCUT2D eigenvalue weighted by Gasteiger charge is 2.36. The third kappa shape index (κ3) is 4.44. The molecule has 0 aromatic heterocycles. The summed E-state index contributed by atoms with van der Waals surface area (Å²) in [5.41, 5.74) is 5.03. The Labute approximate surface area is 92.3 Å². The van der Waals surface area contributed by atoms with Gasteiger partial charge in [0.1, 0.15) is 0 Å². The van der Waals surface area contributed by atoms with Crippen LogP contribution in [0.15, 0.2) is 0 Å². The lowest BCUT2D eigenvalue weighted by Crippen LogP contribution is -2.59. The molecule has 0 bridgehead atoms. The summed E-state index contributed by atoms with van der Waals surface area (Å²) < 4.78 is 0. The zero-order valence-electron chi connectivity index (χ0n) is 10.2. The average Bonchev–Trinajstić information content (AvgIpc) is 2.17. The van der Waals surface area contributed by atoms with Gasteiger partial charge >= 0.3 is 0 Å². The van der Waals surface area contributed by atoms with Crippen molar-refractivity contribution in [1.29, 1.82) is 0 Å². The van der Waals surface area contributed by atoms with Crippen molar-refractivity contribution in [3.63, 3.8) is 0 Å². The van der Waals surface area contributed by atoms with Crippen molar-refractivity contribution < 1.29 is 10.2 Å². The molecule has 0 aliphatic heterocycles. The van der Waals surface area contributed by atoms with Gasteiger partial charge in [-0.15, -0.1) is 0 Å². The molecule has 0 fully saturated rings. The maximum atomic E-state index is 9.71. The zero-order valence-corrected chi connectivity index (χ0v) is 10.2. The van der Waals surface area contributed by atoms with Crippen LogP contribution in [0.25, 0.3) is 0 Å². The van der Waals surface area contributed by atoms with Crippen molar-refractivity contribution in [2.45, 2.75) is 38.6 Å². The van der Waals surface area contributed by atoms with Gasteiger partial charge in [-0.3, -0.25) is 0 Å². The molecular formula is C10H25N3O2. The van der Waals surface area contributed by atoms with Crippen LogP contribution in [0.5, 0.6) is 0 Å². The molecule has 92 valence electrons. The molecule has 0 aromatic carbocycles. The minimum Gasteiger partial charge on any atom is -0.353 e. The second-order valence-corrected chi connectivity index (χ2v) is 4.46. The van der Waals surface area contributed by atoms with E-state index >= 15 is 0 Å². The van der Waals surface area contributed by atoms with Crippen LogP contribution in [0.2, 0.25) is 0 Å². The van der Waals surface area contributed by atoms with E-state index in [2.05, 4.69) is 5.32 Å². The fourth-order valence-corrected chi connectivity index (χ4v) is 1.34. The second-order valence-electron chi connectivity index (χ2n) is 4.46. The summed E-state index contributed by atoms with van der Waals surface area (Å²) in [4.78, 5) is 1.56. The quantitative estimate of drug-likeness (QED) is 0.336. The van der Waals surface area contributed by atoms with E-state index in [0.717, 1.165) is 6.54 Å².